The van der Waals surface area contributed by atoms with Crippen molar-refractivity contribution in [3.05, 3.63) is 57.8 Å². The highest BCUT2D eigenvalue weighted by atomic mass is 32.1. The second-order valence-corrected chi connectivity index (χ2v) is 8.40. The molecule has 1 atom stereocenters. The molecule has 0 spiro atoms. The summed E-state index contributed by atoms with van der Waals surface area (Å²) in [5.74, 6) is 0.359. The third kappa shape index (κ3) is 6.15. The third-order valence-corrected chi connectivity index (χ3v) is 5.92. The number of thiophene rings is 1. The van der Waals surface area contributed by atoms with Crippen molar-refractivity contribution in [1.29, 1.82) is 0 Å². The molecule has 1 saturated heterocycles. The first-order chi connectivity index (χ1) is 14.0. The summed E-state index contributed by atoms with van der Waals surface area (Å²) in [5.41, 5.74) is 1.46. The lowest BCUT2D eigenvalue weighted by atomic mass is 10.00. The number of rotatable bonds is 7. The summed E-state index contributed by atoms with van der Waals surface area (Å²) in [4.78, 5) is 39.1. The maximum Gasteiger partial charge on any atom is 0.261 e. The number of nitrogens with zero attached hydrogens (tertiary/aromatic N) is 1. The fourth-order valence-corrected chi connectivity index (χ4v) is 4.05. The molecule has 0 aliphatic carbocycles. The van der Waals surface area contributed by atoms with Gasteiger partial charge in [-0.3, -0.25) is 14.4 Å². The van der Waals surface area contributed by atoms with Crippen LogP contribution >= 0.6 is 11.3 Å². The molecule has 1 aromatic carbocycles. The molecular weight excluding hydrogens is 386 g/mol. The van der Waals surface area contributed by atoms with Gasteiger partial charge in [-0.25, -0.2) is 0 Å². The van der Waals surface area contributed by atoms with Crippen molar-refractivity contribution in [2.45, 2.75) is 32.7 Å². The number of carbonyl (C=O) groups excluding carboxylic acids is 3. The third-order valence-electron chi connectivity index (χ3n) is 5.05. The minimum atomic E-state index is -0.195. The van der Waals surface area contributed by atoms with Crippen LogP contribution in [0.1, 0.15) is 51.8 Å². The zero-order valence-electron chi connectivity index (χ0n) is 16.6. The van der Waals surface area contributed by atoms with Crippen LogP contribution in [0.2, 0.25) is 0 Å². The number of nitrogens with one attached hydrogen (secondary N) is 2. The average molecular weight is 414 g/mol. The highest BCUT2D eigenvalue weighted by molar-refractivity contribution is 7.12. The molecule has 7 heteroatoms. The smallest absolute Gasteiger partial charge is 0.261 e. The van der Waals surface area contributed by atoms with Gasteiger partial charge >= 0.3 is 0 Å². The molecule has 6 nitrogen and oxygen atoms in total. The SMILES string of the molecule is CC1CCCN(C(=O)CCNC(=O)c2ccc(CNC(=O)c3cccs3)cc2)C1. The number of benzene rings is 1. The summed E-state index contributed by atoms with van der Waals surface area (Å²) in [5, 5.41) is 7.54. The quantitative estimate of drug-likeness (QED) is 0.732. The number of amides is 3. The summed E-state index contributed by atoms with van der Waals surface area (Å²) in [7, 11) is 0. The van der Waals surface area contributed by atoms with E-state index in [1.165, 1.54) is 17.8 Å². The molecule has 1 aliphatic heterocycles. The van der Waals surface area contributed by atoms with Crippen LogP contribution in [0.4, 0.5) is 0 Å². The van der Waals surface area contributed by atoms with Gasteiger partial charge in [-0.05, 0) is 47.9 Å². The molecule has 3 amide bonds. The summed E-state index contributed by atoms with van der Waals surface area (Å²) < 4.78 is 0. The van der Waals surface area contributed by atoms with E-state index in [4.69, 9.17) is 0 Å². The number of carbonyl (C=O) groups is 3. The number of hydrogen-bond donors (Lipinski definition) is 2. The molecule has 1 aromatic heterocycles. The lowest BCUT2D eigenvalue weighted by Gasteiger charge is -2.31. The molecule has 154 valence electrons. The minimum Gasteiger partial charge on any atom is -0.352 e. The van der Waals surface area contributed by atoms with Gasteiger partial charge in [-0.15, -0.1) is 11.3 Å². The molecule has 3 rings (SSSR count). The molecule has 2 heterocycles. The molecule has 2 aromatic rings. The van der Waals surface area contributed by atoms with Crippen LogP contribution in [-0.4, -0.2) is 42.3 Å². The molecule has 1 aliphatic rings. The Bertz CT molecular complexity index is 833. The Balaban J connectivity index is 1.40. The Hall–Kier alpha value is -2.67. The topological polar surface area (TPSA) is 78.5 Å². The fraction of sp³-hybridized carbons (Fsp3) is 0.409. The number of hydrogen-bond acceptors (Lipinski definition) is 4. The monoisotopic (exact) mass is 413 g/mol. The van der Waals surface area contributed by atoms with Crippen LogP contribution in [0.3, 0.4) is 0 Å². The first-order valence-corrected chi connectivity index (χ1v) is 10.9. The molecule has 2 N–H and O–H groups in total. The van der Waals surface area contributed by atoms with Gasteiger partial charge in [0.2, 0.25) is 5.91 Å². The van der Waals surface area contributed by atoms with Gasteiger partial charge < -0.3 is 15.5 Å². The normalized spacial score (nSPS) is 16.3. The van der Waals surface area contributed by atoms with E-state index in [0.29, 0.717) is 35.9 Å². The van der Waals surface area contributed by atoms with Gasteiger partial charge in [0, 0.05) is 38.2 Å². The highest BCUT2D eigenvalue weighted by Gasteiger charge is 2.20. The number of likely N-dealkylation sites (tertiary alicyclic amines) is 1. The van der Waals surface area contributed by atoms with Crippen molar-refractivity contribution in [3.63, 3.8) is 0 Å². The van der Waals surface area contributed by atoms with Gasteiger partial charge in [-0.2, -0.15) is 0 Å². The van der Waals surface area contributed by atoms with E-state index in [2.05, 4.69) is 17.6 Å². The second kappa shape index (κ2) is 10.2. The molecule has 29 heavy (non-hydrogen) atoms. The second-order valence-electron chi connectivity index (χ2n) is 7.45. The maximum atomic E-state index is 12.3. The Morgan fingerprint density at radius 3 is 2.59 bits per heavy atom. The zero-order valence-corrected chi connectivity index (χ0v) is 17.5. The Morgan fingerprint density at radius 2 is 1.90 bits per heavy atom. The van der Waals surface area contributed by atoms with Crippen LogP contribution in [0.5, 0.6) is 0 Å². The van der Waals surface area contributed by atoms with Crippen molar-refractivity contribution in [1.82, 2.24) is 15.5 Å². The van der Waals surface area contributed by atoms with E-state index in [9.17, 15) is 14.4 Å². The Labute approximate surface area is 175 Å². The summed E-state index contributed by atoms with van der Waals surface area (Å²) in [6, 6.07) is 10.7. The highest BCUT2D eigenvalue weighted by Crippen LogP contribution is 2.16. The van der Waals surface area contributed by atoms with Gasteiger partial charge in [0.25, 0.3) is 11.8 Å². The van der Waals surface area contributed by atoms with E-state index < -0.39 is 0 Å². The van der Waals surface area contributed by atoms with Crippen LogP contribution in [0, 0.1) is 5.92 Å². The summed E-state index contributed by atoms with van der Waals surface area (Å²) >= 11 is 1.40. The molecule has 0 bridgehead atoms. The van der Waals surface area contributed by atoms with Crippen LogP contribution in [0.15, 0.2) is 41.8 Å². The van der Waals surface area contributed by atoms with Gasteiger partial charge in [0.05, 0.1) is 4.88 Å². The lowest BCUT2D eigenvalue weighted by Crippen LogP contribution is -2.40. The Morgan fingerprint density at radius 1 is 1.10 bits per heavy atom. The molecule has 1 unspecified atom stereocenters. The first-order valence-electron chi connectivity index (χ1n) is 9.99. The molecule has 0 saturated carbocycles. The van der Waals surface area contributed by atoms with Crippen LogP contribution < -0.4 is 10.6 Å². The molecule has 0 radical (unpaired) electrons. The van der Waals surface area contributed by atoms with Crippen molar-refractivity contribution in [2.24, 2.45) is 5.92 Å². The number of piperidine rings is 1. The fourth-order valence-electron chi connectivity index (χ4n) is 3.41. The van der Waals surface area contributed by atoms with Gasteiger partial charge in [-0.1, -0.05) is 25.1 Å². The van der Waals surface area contributed by atoms with Crippen LogP contribution in [-0.2, 0) is 11.3 Å². The average Bonchev–Trinajstić information content (AvgIpc) is 3.27. The Kier molecular flexibility index (Phi) is 7.41. The van der Waals surface area contributed by atoms with Gasteiger partial charge in [0.1, 0.15) is 0 Å². The maximum absolute atomic E-state index is 12.3. The van der Waals surface area contributed by atoms with Crippen molar-refractivity contribution in [2.75, 3.05) is 19.6 Å². The summed E-state index contributed by atoms with van der Waals surface area (Å²) in [6.07, 6.45) is 2.55. The predicted molar refractivity (Wildman–Crippen MR) is 114 cm³/mol. The molecule has 1 fully saturated rings. The van der Waals surface area contributed by atoms with E-state index >= 15 is 0 Å². The van der Waals surface area contributed by atoms with Crippen molar-refractivity contribution >= 4 is 29.1 Å². The van der Waals surface area contributed by atoms with E-state index in [1.807, 2.05) is 28.5 Å². The first kappa shape index (κ1) is 21.0. The predicted octanol–water partition coefficient (Wildman–Crippen LogP) is 3.06. The van der Waals surface area contributed by atoms with E-state index in [0.717, 1.165) is 25.1 Å². The lowest BCUT2D eigenvalue weighted by molar-refractivity contribution is -0.132. The van der Waals surface area contributed by atoms with Gasteiger partial charge in [0.15, 0.2) is 0 Å². The van der Waals surface area contributed by atoms with E-state index in [1.54, 1.807) is 18.2 Å². The van der Waals surface area contributed by atoms with E-state index in [-0.39, 0.29) is 17.7 Å². The largest absolute Gasteiger partial charge is 0.352 e. The zero-order chi connectivity index (χ0) is 20.6. The standard InChI is InChI=1S/C22H27N3O3S/c1-16-4-2-12-25(15-16)20(26)10-11-23-21(27)18-8-6-17(7-9-18)14-24-22(28)19-5-3-13-29-19/h3,5-9,13,16H,2,4,10-12,14-15H2,1H3,(H,23,27)(H,24,28). The van der Waals surface area contributed by atoms with Crippen molar-refractivity contribution < 1.29 is 14.4 Å². The molecular formula is C22H27N3O3S. The summed E-state index contributed by atoms with van der Waals surface area (Å²) in [6.45, 7) is 4.54. The van der Waals surface area contributed by atoms with Crippen LogP contribution in [0.25, 0.3) is 0 Å². The minimum absolute atomic E-state index is 0.102. The van der Waals surface area contributed by atoms with Crippen molar-refractivity contribution in [3.8, 4) is 0 Å².